The van der Waals surface area contributed by atoms with Crippen molar-refractivity contribution in [2.24, 2.45) is 5.92 Å². The molecule has 0 aliphatic carbocycles. The number of aromatic nitrogens is 2. The molecule has 3 aromatic carbocycles. The van der Waals surface area contributed by atoms with E-state index in [9.17, 15) is 9.59 Å². The van der Waals surface area contributed by atoms with E-state index >= 15 is 0 Å². The van der Waals surface area contributed by atoms with E-state index in [1.165, 1.54) is 5.56 Å². The van der Waals surface area contributed by atoms with Crippen molar-refractivity contribution in [1.82, 2.24) is 14.5 Å². The molecular weight excluding hydrogens is 484 g/mol. The van der Waals surface area contributed by atoms with Gasteiger partial charge in [0.1, 0.15) is 6.54 Å². The Kier molecular flexibility index (Phi) is 8.09. The van der Waals surface area contributed by atoms with Gasteiger partial charge in [0, 0.05) is 34.9 Å². The molecule has 0 aliphatic rings. The summed E-state index contributed by atoms with van der Waals surface area (Å²) in [5.41, 5.74) is 5.73. The van der Waals surface area contributed by atoms with Crippen molar-refractivity contribution in [2.75, 3.05) is 11.9 Å². The van der Waals surface area contributed by atoms with Gasteiger partial charge in [-0.1, -0.05) is 74.0 Å². The average molecular weight is 515 g/mol. The number of carbonyl (C=O) groups is 2. The molecule has 7 heteroatoms. The lowest BCUT2D eigenvalue weighted by Gasteiger charge is -2.24. The molecule has 0 atom stereocenters. The number of nitrogens with zero attached hydrogens (tertiary/aromatic N) is 3. The summed E-state index contributed by atoms with van der Waals surface area (Å²) in [6, 6.07) is 23.2. The van der Waals surface area contributed by atoms with Crippen LogP contribution in [0.5, 0.6) is 0 Å². The molecule has 1 heterocycles. The van der Waals surface area contributed by atoms with Crippen LogP contribution in [0.25, 0.3) is 16.9 Å². The van der Waals surface area contributed by atoms with Crippen LogP contribution >= 0.6 is 11.6 Å². The number of carbonyl (C=O) groups excluding carboxylic acids is 2. The summed E-state index contributed by atoms with van der Waals surface area (Å²) in [4.78, 5) is 32.5. The molecule has 0 spiro atoms. The zero-order valence-electron chi connectivity index (χ0n) is 21.5. The number of benzene rings is 3. The van der Waals surface area contributed by atoms with Crippen molar-refractivity contribution < 1.29 is 9.59 Å². The Hall–Kier alpha value is -3.90. The fraction of sp³-hybridized carbons (Fsp3) is 0.233. The second kappa shape index (κ2) is 11.4. The van der Waals surface area contributed by atoms with E-state index in [0.717, 1.165) is 22.4 Å². The Morgan fingerprint density at radius 2 is 1.68 bits per heavy atom. The maximum Gasteiger partial charge on any atom is 0.246 e. The van der Waals surface area contributed by atoms with Gasteiger partial charge in [0.05, 0.1) is 5.69 Å². The zero-order chi connectivity index (χ0) is 26.5. The zero-order valence-corrected chi connectivity index (χ0v) is 22.3. The molecule has 4 rings (SSSR count). The van der Waals surface area contributed by atoms with E-state index < -0.39 is 0 Å². The van der Waals surface area contributed by atoms with Gasteiger partial charge in [-0.05, 0) is 54.8 Å². The van der Waals surface area contributed by atoms with Gasteiger partial charge in [0.25, 0.3) is 0 Å². The summed E-state index contributed by atoms with van der Waals surface area (Å²) in [6.07, 6.45) is 1.89. The van der Waals surface area contributed by atoms with Gasteiger partial charge >= 0.3 is 0 Å². The molecule has 0 bridgehead atoms. The van der Waals surface area contributed by atoms with Crippen LogP contribution in [0.4, 0.5) is 5.95 Å². The number of hydrogen-bond donors (Lipinski definition) is 1. The highest BCUT2D eigenvalue weighted by Gasteiger charge is 2.22. The molecule has 1 N–H and O–H groups in total. The molecule has 37 heavy (non-hydrogen) atoms. The minimum Gasteiger partial charge on any atom is -0.329 e. The van der Waals surface area contributed by atoms with Crippen LogP contribution in [0.1, 0.15) is 30.5 Å². The van der Waals surface area contributed by atoms with Crippen LogP contribution in [-0.4, -0.2) is 32.8 Å². The highest BCUT2D eigenvalue weighted by molar-refractivity contribution is 6.30. The highest BCUT2D eigenvalue weighted by Crippen LogP contribution is 2.26. The van der Waals surface area contributed by atoms with E-state index in [1.807, 2.05) is 98.3 Å². The van der Waals surface area contributed by atoms with Crippen LogP contribution in [0.3, 0.4) is 0 Å². The topological polar surface area (TPSA) is 67.2 Å². The van der Waals surface area contributed by atoms with Crippen LogP contribution in [-0.2, 0) is 16.1 Å². The minimum absolute atomic E-state index is 0.0814. The number of halogens is 1. The second-order valence-electron chi connectivity index (χ2n) is 9.48. The first-order chi connectivity index (χ1) is 17.7. The number of hydrogen-bond acceptors (Lipinski definition) is 3. The Balaban J connectivity index is 1.64. The molecule has 0 aliphatic heterocycles. The van der Waals surface area contributed by atoms with Crippen molar-refractivity contribution in [3.63, 3.8) is 0 Å². The molecule has 0 saturated heterocycles. The molecule has 0 unspecified atom stereocenters. The average Bonchev–Trinajstić information content (AvgIpc) is 3.29. The number of nitrogens with one attached hydrogen (secondary N) is 1. The van der Waals surface area contributed by atoms with Gasteiger partial charge in [0.2, 0.25) is 17.8 Å². The van der Waals surface area contributed by atoms with Crippen molar-refractivity contribution in [3.8, 4) is 16.9 Å². The summed E-state index contributed by atoms with van der Waals surface area (Å²) in [5, 5.41) is 3.59. The third-order valence-corrected chi connectivity index (χ3v) is 6.47. The normalized spacial score (nSPS) is 11.0. The fourth-order valence-electron chi connectivity index (χ4n) is 4.02. The van der Waals surface area contributed by atoms with Crippen LogP contribution in [0.2, 0.25) is 5.02 Å². The van der Waals surface area contributed by atoms with Crippen molar-refractivity contribution in [2.45, 2.75) is 34.2 Å². The minimum atomic E-state index is -0.316. The summed E-state index contributed by atoms with van der Waals surface area (Å²) in [6.45, 7) is 8.05. The largest absolute Gasteiger partial charge is 0.329 e. The van der Waals surface area contributed by atoms with E-state index in [0.29, 0.717) is 23.2 Å². The number of imidazole rings is 1. The van der Waals surface area contributed by atoms with E-state index in [-0.39, 0.29) is 24.3 Å². The monoisotopic (exact) mass is 514 g/mol. The SMILES string of the molecule is Cc1ccc(-n2cc(-c3ccc(Cl)cc3)nc2NC(=O)CN(Cc2ccccc2)C(=O)C(C)C)cc1C. The third-order valence-electron chi connectivity index (χ3n) is 6.22. The molecule has 2 amide bonds. The predicted molar refractivity (Wildman–Crippen MR) is 149 cm³/mol. The maximum atomic E-state index is 13.3. The first-order valence-electron chi connectivity index (χ1n) is 12.3. The fourth-order valence-corrected chi connectivity index (χ4v) is 4.14. The van der Waals surface area contributed by atoms with Gasteiger partial charge in [-0.2, -0.15) is 0 Å². The smallest absolute Gasteiger partial charge is 0.246 e. The number of amides is 2. The quantitative estimate of drug-likeness (QED) is 0.294. The molecule has 1 aromatic heterocycles. The first kappa shape index (κ1) is 26.2. The van der Waals surface area contributed by atoms with E-state index in [4.69, 9.17) is 16.6 Å². The van der Waals surface area contributed by atoms with E-state index in [2.05, 4.69) is 18.3 Å². The number of aryl methyl sites for hydroxylation is 2. The second-order valence-corrected chi connectivity index (χ2v) is 9.91. The van der Waals surface area contributed by atoms with Crippen LogP contribution in [0, 0.1) is 19.8 Å². The molecule has 6 nitrogen and oxygen atoms in total. The Labute approximate surface area is 222 Å². The number of rotatable bonds is 8. The predicted octanol–water partition coefficient (Wildman–Crippen LogP) is 6.43. The molecule has 190 valence electrons. The Bertz CT molecular complexity index is 1400. The lowest BCUT2D eigenvalue weighted by atomic mass is 10.1. The first-order valence-corrected chi connectivity index (χ1v) is 12.6. The molecular formula is C30H31ClN4O2. The lowest BCUT2D eigenvalue weighted by Crippen LogP contribution is -2.40. The summed E-state index contributed by atoms with van der Waals surface area (Å²) >= 11 is 6.07. The lowest BCUT2D eigenvalue weighted by molar-refractivity contribution is -0.138. The Morgan fingerprint density at radius 1 is 0.973 bits per heavy atom. The summed E-state index contributed by atoms with van der Waals surface area (Å²) in [5.74, 6) is -0.248. The highest BCUT2D eigenvalue weighted by atomic mass is 35.5. The molecule has 4 aromatic rings. The summed E-state index contributed by atoms with van der Waals surface area (Å²) in [7, 11) is 0. The van der Waals surface area contributed by atoms with Crippen molar-refractivity contribution in [1.29, 1.82) is 0 Å². The maximum absolute atomic E-state index is 13.3. The van der Waals surface area contributed by atoms with Crippen molar-refractivity contribution >= 4 is 29.4 Å². The van der Waals surface area contributed by atoms with Crippen LogP contribution < -0.4 is 5.32 Å². The van der Waals surface area contributed by atoms with Gasteiger partial charge in [-0.25, -0.2) is 4.98 Å². The number of anilines is 1. The van der Waals surface area contributed by atoms with Crippen molar-refractivity contribution in [3.05, 3.63) is 101 Å². The van der Waals surface area contributed by atoms with Gasteiger partial charge in [-0.3, -0.25) is 19.5 Å². The van der Waals surface area contributed by atoms with Gasteiger partial charge in [0.15, 0.2) is 0 Å². The van der Waals surface area contributed by atoms with Gasteiger partial charge < -0.3 is 4.90 Å². The summed E-state index contributed by atoms with van der Waals surface area (Å²) < 4.78 is 1.86. The third kappa shape index (κ3) is 6.46. The van der Waals surface area contributed by atoms with Crippen LogP contribution in [0.15, 0.2) is 79.0 Å². The van der Waals surface area contributed by atoms with E-state index in [1.54, 1.807) is 4.90 Å². The molecule has 0 saturated carbocycles. The molecule has 0 fully saturated rings. The Morgan fingerprint density at radius 3 is 2.32 bits per heavy atom. The standard InChI is InChI=1S/C30H31ClN4O2/c1-20(2)29(37)34(17-23-8-6-5-7-9-23)19-28(36)33-30-32-27(24-11-13-25(31)14-12-24)18-35(30)26-15-10-21(3)22(4)16-26/h5-16,18,20H,17,19H2,1-4H3,(H,32,33,36). The molecule has 0 radical (unpaired) electrons. The van der Waals surface area contributed by atoms with Gasteiger partial charge in [-0.15, -0.1) is 0 Å².